The lowest BCUT2D eigenvalue weighted by molar-refractivity contribution is -0.148. The van der Waals surface area contributed by atoms with Crippen molar-refractivity contribution in [2.24, 2.45) is 11.8 Å². The zero-order chi connectivity index (χ0) is 10.8. The number of nitrogens with zero attached hydrogens (tertiary/aromatic N) is 1. The third-order valence-corrected chi connectivity index (χ3v) is 4.13. The van der Waals surface area contributed by atoms with Crippen LogP contribution in [0.5, 0.6) is 0 Å². The highest BCUT2D eigenvalue weighted by molar-refractivity contribution is 5.72. The molecule has 2 rings (SSSR count). The van der Waals surface area contributed by atoms with Crippen LogP contribution in [0.1, 0.15) is 32.1 Å². The van der Waals surface area contributed by atoms with Crippen molar-refractivity contribution in [3.05, 3.63) is 0 Å². The second kappa shape index (κ2) is 4.52. The predicted octanol–water partition coefficient (Wildman–Crippen LogP) is 1.67. The van der Waals surface area contributed by atoms with Crippen molar-refractivity contribution < 1.29 is 9.53 Å². The Hall–Kier alpha value is -0.570. The van der Waals surface area contributed by atoms with Crippen LogP contribution in [0.4, 0.5) is 0 Å². The number of likely N-dealkylation sites (tertiary alicyclic amines) is 1. The van der Waals surface area contributed by atoms with Crippen LogP contribution in [0.2, 0.25) is 0 Å². The Balaban J connectivity index is 1.96. The summed E-state index contributed by atoms with van der Waals surface area (Å²) >= 11 is 0. The van der Waals surface area contributed by atoms with Gasteiger partial charge in [0.1, 0.15) is 0 Å². The summed E-state index contributed by atoms with van der Waals surface area (Å²) in [5.74, 6) is 0.894. The van der Waals surface area contributed by atoms with E-state index in [1.54, 1.807) is 0 Å². The number of carbonyl (C=O) groups is 1. The Kier molecular flexibility index (Phi) is 3.29. The standard InChI is InChI=1S/C12H21NO2/c1-13-7-3-4-9-8-10(12(14)15-2)5-6-11(9)13/h9-11H,3-8H2,1-2H3/t9-,10+,11-/m1/s1. The fraction of sp³-hybridized carbons (Fsp3) is 0.917. The summed E-state index contributed by atoms with van der Waals surface area (Å²) in [7, 11) is 3.72. The number of hydrogen-bond acceptors (Lipinski definition) is 3. The Morgan fingerprint density at radius 1 is 1.33 bits per heavy atom. The molecule has 0 radical (unpaired) electrons. The van der Waals surface area contributed by atoms with E-state index in [4.69, 9.17) is 4.74 Å². The van der Waals surface area contributed by atoms with Gasteiger partial charge >= 0.3 is 5.97 Å². The summed E-state index contributed by atoms with van der Waals surface area (Å²) in [4.78, 5) is 14.0. The van der Waals surface area contributed by atoms with Crippen LogP contribution in [-0.2, 0) is 9.53 Å². The van der Waals surface area contributed by atoms with Crippen molar-refractivity contribution in [3.8, 4) is 0 Å². The number of piperidine rings is 1. The summed E-state index contributed by atoms with van der Waals surface area (Å²) in [5, 5.41) is 0. The first kappa shape index (κ1) is 10.9. The number of ether oxygens (including phenoxy) is 1. The van der Waals surface area contributed by atoms with Gasteiger partial charge in [-0.25, -0.2) is 0 Å². The SMILES string of the molecule is COC(=O)[C@H]1CC[C@@H]2[C@H](CCCN2C)C1. The van der Waals surface area contributed by atoms with E-state index < -0.39 is 0 Å². The minimum absolute atomic E-state index is 0.00155. The molecule has 15 heavy (non-hydrogen) atoms. The van der Waals surface area contributed by atoms with Gasteiger partial charge in [-0.3, -0.25) is 4.79 Å². The maximum atomic E-state index is 11.5. The van der Waals surface area contributed by atoms with Crippen molar-refractivity contribution >= 4 is 5.97 Å². The molecule has 86 valence electrons. The zero-order valence-electron chi connectivity index (χ0n) is 9.74. The number of hydrogen-bond donors (Lipinski definition) is 0. The molecular weight excluding hydrogens is 190 g/mol. The number of carbonyl (C=O) groups excluding carboxylic acids is 1. The monoisotopic (exact) mass is 211 g/mol. The van der Waals surface area contributed by atoms with Crippen LogP contribution in [0.15, 0.2) is 0 Å². The Bertz CT molecular complexity index is 242. The maximum Gasteiger partial charge on any atom is 0.308 e. The summed E-state index contributed by atoms with van der Waals surface area (Å²) in [5.41, 5.74) is 0. The van der Waals surface area contributed by atoms with Crippen LogP contribution in [-0.4, -0.2) is 37.6 Å². The first-order chi connectivity index (χ1) is 7.22. The molecule has 0 N–H and O–H groups in total. The van der Waals surface area contributed by atoms with E-state index in [0.29, 0.717) is 0 Å². The third-order valence-electron chi connectivity index (χ3n) is 4.13. The second-order valence-electron chi connectivity index (χ2n) is 4.98. The molecule has 0 aromatic heterocycles. The Labute approximate surface area is 91.8 Å². The van der Waals surface area contributed by atoms with E-state index in [9.17, 15) is 4.79 Å². The molecule has 0 aromatic rings. The van der Waals surface area contributed by atoms with Crippen LogP contribution < -0.4 is 0 Å². The second-order valence-corrected chi connectivity index (χ2v) is 4.98. The van der Waals surface area contributed by atoms with Crippen molar-refractivity contribution in [2.45, 2.75) is 38.1 Å². The molecule has 1 heterocycles. The van der Waals surface area contributed by atoms with Crippen LogP contribution in [0, 0.1) is 11.8 Å². The van der Waals surface area contributed by atoms with E-state index >= 15 is 0 Å². The molecule has 2 aliphatic rings. The zero-order valence-corrected chi connectivity index (χ0v) is 9.74. The molecule has 0 spiro atoms. The smallest absolute Gasteiger partial charge is 0.308 e. The highest BCUT2D eigenvalue weighted by Gasteiger charge is 2.37. The summed E-state index contributed by atoms with van der Waals surface area (Å²) in [6.07, 6.45) is 5.80. The summed E-state index contributed by atoms with van der Waals surface area (Å²) < 4.78 is 4.84. The van der Waals surface area contributed by atoms with Gasteiger partial charge in [0.2, 0.25) is 0 Å². The molecule has 1 aliphatic carbocycles. The predicted molar refractivity (Wildman–Crippen MR) is 58.5 cm³/mol. The van der Waals surface area contributed by atoms with E-state index in [1.165, 1.54) is 32.9 Å². The van der Waals surface area contributed by atoms with Gasteiger partial charge in [0.25, 0.3) is 0 Å². The van der Waals surface area contributed by atoms with Gasteiger partial charge in [-0.2, -0.15) is 0 Å². The lowest BCUT2D eigenvalue weighted by Gasteiger charge is -2.44. The van der Waals surface area contributed by atoms with Gasteiger partial charge in [-0.05, 0) is 51.6 Å². The van der Waals surface area contributed by atoms with E-state index in [-0.39, 0.29) is 11.9 Å². The first-order valence-electron chi connectivity index (χ1n) is 6.00. The average molecular weight is 211 g/mol. The molecule has 0 bridgehead atoms. The van der Waals surface area contributed by atoms with Crippen molar-refractivity contribution in [2.75, 3.05) is 20.7 Å². The van der Waals surface area contributed by atoms with Gasteiger partial charge in [0, 0.05) is 6.04 Å². The molecule has 1 aliphatic heterocycles. The molecule has 2 fully saturated rings. The Morgan fingerprint density at radius 3 is 2.87 bits per heavy atom. The van der Waals surface area contributed by atoms with Gasteiger partial charge in [0.15, 0.2) is 0 Å². The van der Waals surface area contributed by atoms with E-state index in [1.807, 2.05) is 0 Å². The minimum atomic E-state index is 0.00155. The largest absolute Gasteiger partial charge is 0.469 e. The first-order valence-corrected chi connectivity index (χ1v) is 6.00. The van der Waals surface area contributed by atoms with Gasteiger partial charge in [-0.15, -0.1) is 0 Å². The fourth-order valence-electron chi connectivity index (χ4n) is 3.29. The van der Waals surface area contributed by atoms with Crippen LogP contribution in [0.25, 0.3) is 0 Å². The molecule has 3 atom stereocenters. The van der Waals surface area contributed by atoms with Crippen LogP contribution in [0.3, 0.4) is 0 Å². The lowest BCUT2D eigenvalue weighted by atomic mass is 9.73. The average Bonchev–Trinajstić information content (AvgIpc) is 2.28. The van der Waals surface area contributed by atoms with Crippen LogP contribution >= 0.6 is 0 Å². The van der Waals surface area contributed by atoms with Crippen molar-refractivity contribution in [1.29, 1.82) is 0 Å². The molecular formula is C12H21NO2. The molecule has 0 amide bonds. The van der Waals surface area contributed by atoms with Crippen molar-refractivity contribution in [1.82, 2.24) is 4.90 Å². The summed E-state index contributed by atoms with van der Waals surface area (Å²) in [6, 6.07) is 0.722. The number of rotatable bonds is 1. The quantitative estimate of drug-likeness (QED) is 0.618. The molecule has 3 heteroatoms. The number of fused-ring (bicyclic) bond motifs is 1. The van der Waals surface area contributed by atoms with Gasteiger partial charge in [-0.1, -0.05) is 0 Å². The normalized spacial score (nSPS) is 37.1. The lowest BCUT2D eigenvalue weighted by Crippen LogP contribution is -2.46. The molecule has 1 saturated carbocycles. The van der Waals surface area contributed by atoms with E-state index in [0.717, 1.165) is 24.8 Å². The fourth-order valence-corrected chi connectivity index (χ4v) is 3.29. The summed E-state index contributed by atoms with van der Waals surface area (Å²) in [6.45, 7) is 1.23. The minimum Gasteiger partial charge on any atom is -0.469 e. The molecule has 0 aromatic carbocycles. The number of esters is 1. The topological polar surface area (TPSA) is 29.5 Å². The molecule has 3 nitrogen and oxygen atoms in total. The molecule has 1 saturated heterocycles. The van der Waals surface area contributed by atoms with Gasteiger partial charge in [0.05, 0.1) is 13.0 Å². The number of methoxy groups -OCH3 is 1. The Morgan fingerprint density at radius 2 is 2.13 bits per heavy atom. The maximum absolute atomic E-state index is 11.5. The highest BCUT2D eigenvalue weighted by Crippen LogP contribution is 2.37. The third kappa shape index (κ3) is 2.17. The van der Waals surface area contributed by atoms with Gasteiger partial charge < -0.3 is 9.64 Å². The highest BCUT2D eigenvalue weighted by atomic mass is 16.5. The molecule has 0 unspecified atom stereocenters. The van der Waals surface area contributed by atoms with E-state index in [2.05, 4.69) is 11.9 Å². The van der Waals surface area contributed by atoms with Crippen molar-refractivity contribution in [3.63, 3.8) is 0 Å².